The predicted molar refractivity (Wildman–Crippen MR) is 68.4 cm³/mol. The fourth-order valence-electron chi connectivity index (χ4n) is 1.47. The highest BCUT2D eigenvalue weighted by Gasteiger charge is 2.17. The van der Waals surface area contributed by atoms with Crippen molar-refractivity contribution >= 4 is 12.0 Å². The summed E-state index contributed by atoms with van der Waals surface area (Å²) >= 11 is 0. The fourth-order valence-corrected chi connectivity index (χ4v) is 1.47. The molecule has 0 aliphatic carbocycles. The highest BCUT2D eigenvalue weighted by Crippen LogP contribution is 2.20. The Morgan fingerprint density at radius 2 is 1.83 bits per heavy atom. The Morgan fingerprint density at radius 3 is 2.39 bits per heavy atom. The number of hydrogen-bond donors (Lipinski definition) is 4. The molecule has 0 radical (unpaired) electrons. The summed E-state index contributed by atoms with van der Waals surface area (Å²) in [7, 11) is 0. The minimum atomic E-state index is -0.859. The average Bonchev–Trinajstić information content (AvgIpc) is 2.29. The number of urea groups is 1. The number of aliphatic hydroxyl groups excluding tert-OH is 1. The van der Waals surface area contributed by atoms with Crippen LogP contribution in [0.1, 0.15) is 39.5 Å². The summed E-state index contributed by atoms with van der Waals surface area (Å²) < 4.78 is 0. The molecule has 0 unspecified atom stereocenters. The van der Waals surface area contributed by atoms with Gasteiger partial charge in [0.25, 0.3) is 0 Å². The molecule has 0 rings (SSSR count). The Balaban J connectivity index is 3.65. The normalized spacial score (nSPS) is 11.1. The quantitative estimate of drug-likeness (QED) is 0.464. The van der Waals surface area contributed by atoms with Gasteiger partial charge in [0, 0.05) is 26.1 Å². The first-order valence-electron chi connectivity index (χ1n) is 6.22. The number of carbonyl (C=O) groups excluding carboxylic acids is 1. The molecule has 0 bridgehead atoms. The number of carboxylic acids is 1. The van der Waals surface area contributed by atoms with Gasteiger partial charge in [-0.2, -0.15) is 0 Å². The minimum absolute atomic E-state index is 0.0544. The molecule has 0 atom stereocenters. The number of nitrogens with one attached hydrogen (secondary N) is 2. The Hall–Kier alpha value is -1.30. The average molecular weight is 260 g/mol. The SMILES string of the molecule is CC(C)(CCCO)CNC(=O)NCCCC(=O)O. The lowest BCUT2D eigenvalue weighted by atomic mass is 9.88. The highest BCUT2D eigenvalue weighted by molar-refractivity contribution is 5.73. The van der Waals surface area contributed by atoms with Gasteiger partial charge in [-0.15, -0.1) is 0 Å². The van der Waals surface area contributed by atoms with Crippen molar-refractivity contribution in [3.8, 4) is 0 Å². The summed E-state index contributed by atoms with van der Waals surface area (Å²) in [6.07, 6.45) is 2.04. The monoisotopic (exact) mass is 260 g/mol. The molecule has 4 N–H and O–H groups in total. The maximum absolute atomic E-state index is 11.4. The second-order valence-electron chi connectivity index (χ2n) is 5.10. The van der Waals surface area contributed by atoms with Crippen LogP contribution in [-0.4, -0.2) is 41.9 Å². The van der Waals surface area contributed by atoms with Crippen molar-refractivity contribution in [2.75, 3.05) is 19.7 Å². The second-order valence-corrected chi connectivity index (χ2v) is 5.10. The Morgan fingerprint density at radius 1 is 1.17 bits per heavy atom. The van der Waals surface area contributed by atoms with E-state index in [0.717, 1.165) is 12.8 Å². The Kier molecular flexibility index (Phi) is 8.11. The van der Waals surface area contributed by atoms with Gasteiger partial charge >= 0.3 is 12.0 Å². The third kappa shape index (κ3) is 9.89. The fraction of sp³-hybridized carbons (Fsp3) is 0.833. The van der Waals surface area contributed by atoms with Gasteiger partial charge in [0.2, 0.25) is 0 Å². The Labute approximate surface area is 108 Å². The van der Waals surface area contributed by atoms with Crippen molar-refractivity contribution < 1.29 is 19.8 Å². The zero-order chi connectivity index (χ0) is 14.0. The van der Waals surface area contributed by atoms with E-state index >= 15 is 0 Å². The number of amides is 2. The molecule has 0 fully saturated rings. The van der Waals surface area contributed by atoms with E-state index in [2.05, 4.69) is 10.6 Å². The third-order valence-corrected chi connectivity index (χ3v) is 2.59. The Bertz CT molecular complexity index is 267. The van der Waals surface area contributed by atoms with Crippen molar-refractivity contribution in [1.29, 1.82) is 0 Å². The lowest BCUT2D eigenvalue weighted by molar-refractivity contribution is -0.137. The van der Waals surface area contributed by atoms with Crippen LogP contribution in [0, 0.1) is 5.41 Å². The maximum atomic E-state index is 11.4. The highest BCUT2D eigenvalue weighted by atomic mass is 16.4. The molecule has 0 heterocycles. The van der Waals surface area contributed by atoms with Crippen LogP contribution in [0.5, 0.6) is 0 Å². The molecule has 0 aromatic carbocycles. The summed E-state index contributed by atoms with van der Waals surface area (Å²) in [5, 5.41) is 22.5. The standard InChI is InChI=1S/C12H24N2O4/c1-12(2,6-4-8-15)9-14-11(18)13-7-3-5-10(16)17/h15H,3-9H2,1-2H3,(H,16,17)(H2,13,14,18). The van der Waals surface area contributed by atoms with Gasteiger partial charge in [-0.1, -0.05) is 13.8 Å². The van der Waals surface area contributed by atoms with Crippen molar-refractivity contribution in [1.82, 2.24) is 10.6 Å². The molecule has 106 valence electrons. The number of aliphatic hydroxyl groups is 1. The largest absolute Gasteiger partial charge is 0.481 e. The van der Waals surface area contributed by atoms with Crippen molar-refractivity contribution in [3.05, 3.63) is 0 Å². The molecule has 0 aliphatic heterocycles. The summed E-state index contributed by atoms with van der Waals surface area (Å²) in [5.41, 5.74) is -0.0544. The molecular formula is C12H24N2O4. The van der Waals surface area contributed by atoms with Crippen LogP contribution in [0.25, 0.3) is 0 Å². The summed E-state index contributed by atoms with van der Waals surface area (Å²) in [5.74, 6) is -0.859. The van der Waals surface area contributed by atoms with E-state index in [0.29, 0.717) is 19.5 Å². The lowest BCUT2D eigenvalue weighted by Gasteiger charge is -2.24. The van der Waals surface area contributed by atoms with Gasteiger partial charge in [0.1, 0.15) is 0 Å². The van der Waals surface area contributed by atoms with E-state index in [1.54, 1.807) is 0 Å². The summed E-state index contributed by atoms with van der Waals surface area (Å²) in [6.45, 7) is 5.08. The van der Waals surface area contributed by atoms with Crippen LogP contribution in [0.3, 0.4) is 0 Å². The smallest absolute Gasteiger partial charge is 0.314 e. The van der Waals surface area contributed by atoms with Crippen LogP contribution >= 0.6 is 0 Å². The van der Waals surface area contributed by atoms with Crippen LogP contribution in [-0.2, 0) is 4.79 Å². The molecule has 2 amide bonds. The topological polar surface area (TPSA) is 98.7 Å². The molecule has 18 heavy (non-hydrogen) atoms. The van der Waals surface area contributed by atoms with E-state index in [9.17, 15) is 9.59 Å². The van der Waals surface area contributed by atoms with Crippen molar-refractivity contribution in [2.45, 2.75) is 39.5 Å². The first-order chi connectivity index (χ1) is 8.37. The van der Waals surface area contributed by atoms with E-state index < -0.39 is 5.97 Å². The van der Waals surface area contributed by atoms with Crippen LogP contribution in [0.4, 0.5) is 4.79 Å². The van der Waals surface area contributed by atoms with Crippen LogP contribution < -0.4 is 10.6 Å². The van der Waals surface area contributed by atoms with Gasteiger partial charge in [0.05, 0.1) is 0 Å². The number of aliphatic carboxylic acids is 1. The summed E-state index contributed by atoms with van der Waals surface area (Å²) in [6, 6.07) is -0.280. The molecule has 0 saturated heterocycles. The molecular weight excluding hydrogens is 236 g/mol. The third-order valence-electron chi connectivity index (χ3n) is 2.59. The predicted octanol–water partition coefficient (Wildman–Crippen LogP) is 0.949. The van der Waals surface area contributed by atoms with Gasteiger partial charge in [-0.3, -0.25) is 4.79 Å². The van der Waals surface area contributed by atoms with E-state index in [1.807, 2.05) is 13.8 Å². The molecule has 0 saturated carbocycles. The molecule has 6 heteroatoms. The maximum Gasteiger partial charge on any atom is 0.314 e. The molecule has 0 aromatic heterocycles. The van der Waals surface area contributed by atoms with Crippen LogP contribution in [0.2, 0.25) is 0 Å². The first kappa shape index (κ1) is 16.7. The zero-order valence-corrected chi connectivity index (χ0v) is 11.2. The van der Waals surface area contributed by atoms with E-state index in [4.69, 9.17) is 10.2 Å². The van der Waals surface area contributed by atoms with E-state index in [-0.39, 0.29) is 24.5 Å². The number of rotatable bonds is 9. The zero-order valence-electron chi connectivity index (χ0n) is 11.2. The number of hydrogen-bond acceptors (Lipinski definition) is 3. The minimum Gasteiger partial charge on any atom is -0.481 e. The van der Waals surface area contributed by atoms with Gasteiger partial charge < -0.3 is 20.8 Å². The molecule has 6 nitrogen and oxygen atoms in total. The first-order valence-corrected chi connectivity index (χ1v) is 6.22. The molecule has 0 aromatic rings. The van der Waals surface area contributed by atoms with Gasteiger partial charge in [-0.05, 0) is 24.7 Å². The molecule has 0 spiro atoms. The summed E-state index contributed by atoms with van der Waals surface area (Å²) in [4.78, 5) is 21.6. The second kappa shape index (κ2) is 8.74. The van der Waals surface area contributed by atoms with Gasteiger partial charge in [-0.25, -0.2) is 4.79 Å². The van der Waals surface area contributed by atoms with Crippen LogP contribution in [0.15, 0.2) is 0 Å². The number of carbonyl (C=O) groups is 2. The lowest BCUT2D eigenvalue weighted by Crippen LogP contribution is -2.41. The van der Waals surface area contributed by atoms with Gasteiger partial charge in [0.15, 0.2) is 0 Å². The van der Waals surface area contributed by atoms with Crippen molar-refractivity contribution in [3.63, 3.8) is 0 Å². The molecule has 0 aliphatic rings. The number of carboxylic acid groups (broad SMARTS) is 1. The van der Waals surface area contributed by atoms with E-state index in [1.165, 1.54) is 0 Å². The van der Waals surface area contributed by atoms with Crippen molar-refractivity contribution in [2.24, 2.45) is 5.41 Å².